The minimum atomic E-state index is -0.0370. The Labute approximate surface area is 179 Å². The zero-order valence-corrected chi connectivity index (χ0v) is 19.5. The Bertz CT molecular complexity index is 503. The molecule has 0 heterocycles. The molecule has 1 saturated carbocycles. The van der Waals surface area contributed by atoms with Crippen molar-refractivity contribution in [2.24, 2.45) is 11.8 Å². The van der Waals surface area contributed by atoms with Gasteiger partial charge in [-0.05, 0) is 50.5 Å². The van der Waals surface area contributed by atoms with Crippen LogP contribution in [0.2, 0.25) is 0 Å². The molecule has 3 atom stereocenters. The Morgan fingerprint density at radius 3 is 2.03 bits per heavy atom. The van der Waals surface area contributed by atoms with Crippen molar-refractivity contribution in [3.63, 3.8) is 0 Å². The van der Waals surface area contributed by atoms with Gasteiger partial charge in [-0.3, -0.25) is 4.79 Å². The van der Waals surface area contributed by atoms with E-state index in [-0.39, 0.29) is 6.29 Å². The van der Waals surface area contributed by atoms with E-state index in [1.807, 2.05) is 32.9 Å². The van der Waals surface area contributed by atoms with Gasteiger partial charge in [0.05, 0.1) is 0 Å². The third-order valence-electron chi connectivity index (χ3n) is 5.67. The number of rotatable bonds is 9. The molecule has 3 nitrogen and oxygen atoms in total. The largest absolute Gasteiger partial charge is 0.353 e. The van der Waals surface area contributed by atoms with E-state index >= 15 is 0 Å². The fourth-order valence-corrected chi connectivity index (χ4v) is 4.27. The van der Waals surface area contributed by atoms with E-state index in [4.69, 9.17) is 9.47 Å². The van der Waals surface area contributed by atoms with E-state index < -0.39 is 0 Å². The average molecular weight is 405 g/mol. The minimum Gasteiger partial charge on any atom is -0.353 e. The predicted octanol–water partition coefficient (Wildman–Crippen LogP) is 7.42. The minimum absolute atomic E-state index is 0.0370. The van der Waals surface area contributed by atoms with Crippen LogP contribution in [-0.2, 0) is 9.47 Å². The van der Waals surface area contributed by atoms with Crippen LogP contribution in [0.3, 0.4) is 0 Å². The molecule has 0 amide bonds. The molecule has 1 aromatic rings. The van der Waals surface area contributed by atoms with Crippen LogP contribution in [0, 0.1) is 11.8 Å². The number of carbonyl (C=O) groups excluding carboxylic acids is 1. The van der Waals surface area contributed by atoms with Crippen LogP contribution < -0.4 is 0 Å². The van der Waals surface area contributed by atoms with Crippen molar-refractivity contribution < 1.29 is 14.3 Å². The molecular formula is C26H44O3. The van der Waals surface area contributed by atoms with Gasteiger partial charge in [0.25, 0.3) is 0 Å². The monoisotopic (exact) mass is 404 g/mol. The van der Waals surface area contributed by atoms with Crippen LogP contribution in [0.15, 0.2) is 37.4 Å². The lowest BCUT2D eigenvalue weighted by atomic mass is 9.69. The fraction of sp³-hybridized carbons (Fsp3) is 0.654. The molecule has 0 radical (unpaired) electrons. The average Bonchev–Trinajstić information content (AvgIpc) is 2.76. The number of carbonyl (C=O) groups is 1. The van der Waals surface area contributed by atoms with Gasteiger partial charge in [-0.2, -0.15) is 0 Å². The van der Waals surface area contributed by atoms with Gasteiger partial charge < -0.3 is 9.47 Å². The van der Waals surface area contributed by atoms with E-state index in [1.54, 1.807) is 0 Å². The number of aldehydes is 1. The molecule has 166 valence electrons. The summed E-state index contributed by atoms with van der Waals surface area (Å²) in [6.07, 6.45) is 9.16. The Balaban J connectivity index is 0.000000664. The summed E-state index contributed by atoms with van der Waals surface area (Å²) in [5.74, 6) is 2.35. The zero-order chi connectivity index (χ0) is 22.1. The van der Waals surface area contributed by atoms with Crippen molar-refractivity contribution >= 4 is 6.29 Å². The molecule has 0 aliphatic heterocycles. The molecule has 1 aromatic carbocycles. The Morgan fingerprint density at radius 1 is 1.00 bits per heavy atom. The topological polar surface area (TPSA) is 35.5 Å². The number of ether oxygens (including phenoxy) is 2. The van der Waals surface area contributed by atoms with Gasteiger partial charge in [0.1, 0.15) is 6.29 Å². The summed E-state index contributed by atoms with van der Waals surface area (Å²) < 4.78 is 10.1. The molecule has 1 aliphatic rings. The number of hydrogen-bond donors (Lipinski definition) is 0. The second kappa shape index (κ2) is 17.4. The molecule has 0 saturated heterocycles. The molecule has 29 heavy (non-hydrogen) atoms. The smallest absolute Gasteiger partial charge is 0.154 e. The standard InChI is InChI=1S/C18H26O.C6H14O2.C2H4/c1-3-6-17-7-4-5-8-18(17)14(2)16-11-9-15(13-19)10-12-16;1-4-7-6(3)8-5-2;1-2/h9-14,17-18H,3-8H2,1-2H3;6H,4-5H2,1-3H3;1-2H2. The molecule has 0 aromatic heterocycles. The summed E-state index contributed by atoms with van der Waals surface area (Å²) in [6.45, 7) is 17.9. The first-order chi connectivity index (χ1) is 14.1. The van der Waals surface area contributed by atoms with Crippen molar-refractivity contribution in [1.29, 1.82) is 0 Å². The van der Waals surface area contributed by atoms with Gasteiger partial charge in [0.15, 0.2) is 6.29 Å². The maximum atomic E-state index is 10.7. The van der Waals surface area contributed by atoms with Crippen LogP contribution in [-0.4, -0.2) is 25.8 Å². The Kier molecular flexibility index (Phi) is 16.5. The summed E-state index contributed by atoms with van der Waals surface area (Å²) in [5, 5.41) is 0. The highest BCUT2D eigenvalue weighted by molar-refractivity contribution is 5.74. The normalized spacial score (nSPS) is 19.4. The second-order valence-corrected chi connectivity index (χ2v) is 7.55. The third kappa shape index (κ3) is 10.8. The van der Waals surface area contributed by atoms with Crippen molar-refractivity contribution in [1.82, 2.24) is 0 Å². The maximum absolute atomic E-state index is 10.7. The number of benzene rings is 1. The summed E-state index contributed by atoms with van der Waals surface area (Å²) in [4.78, 5) is 10.7. The van der Waals surface area contributed by atoms with Crippen LogP contribution in [0.1, 0.15) is 95.0 Å². The van der Waals surface area contributed by atoms with E-state index in [0.717, 1.165) is 36.9 Å². The summed E-state index contributed by atoms with van der Waals surface area (Å²) in [7, 11) is 0. The first-order valence-corrected chi connectivity index (χ1v) is 11.4. The van der Waals surface area contributed by atoms with Crippen molar-refractivity contribution in [2.45, 2.75) is 85.4 Å². The van der Waals surface area contributed by atoms with E-state index in [9.17, 15) is 4.79 Å². The van der Waals surface area contributed by atoms with Gasteiger partial charge in [-0.1, -0.05) is 70.2 Å². The van der Waals surface area contributed by atoms with Gasteiger partial charge in [-0.25, -0.2) is 0 Å². The SMILES string of the molecule is C=C.CCCC1CCCCC1C(C)c1ccc(C=O)cc1.CCOC(C)OCC. The highest BCUT2D eigenvalue weighted by Crippen LogP contribution is 2.41. The maximum Gasteiger partial charge on any atom is 0.154 e. The lowest BCUT2D eigenvalue weighted by Crippen LogP contribution is -2.24. The second-order valence-electron chi connectivity index (χ2n) is 7.55. The molecule has 1 aliphatic carbocycles. The fourth-order valence-electron chi connectivity index (χ4n) is 4.27. The van der Waals surface area contributed by atoms with Gasteiger partial charge in [0.2, 0.25) is 0 Å². The predicted molar refractivity (Wildman–Crippen MR) is 125 cm³/mol. The lowest BCUT2D eigenvalue weighted by molar-refractivity contribution is -0.123. The van der Waals surface area contributed by atoms with Crippen LogP contribution in [0.5, 0.6) is 0 Å². The summed E-state index contributed by atoms with van der Waals surface area (Å²) in [5.41, 5.74) is 2.18. The first kappa shape index (κ1) is 27.5. The van der Waals surface area contributed by atoms with Gasteiger partial charge in [-0.15, -0.1) is 13.2 Å². The third-order valence-corrected chi connectivity index (χ3v) is 5.67. The van der Waals surface area contributed by atoms with Crippen molar-refractivity contribution in [3.8, 4) is 0 Å². The zero-order valence-electron chi connectivity index (χ0n) is 19.5. The molecule has 0 spiro atoms. The van der Waals surface area contributed by atoms with Crippen LogP contribution in [0.25, 0.3) is 0 Å². The van der Waals surface area contributed by atoms with E-state index in [2.05, 4.69) is 39.1 Å². The van der Waals surface area contributed by atoms with Crippen molar-refractivity contribution in [2.75, 3.05) is 13.2 Å². The van der Waals surface area contributed by atoms with Crippen molar-refractivity contribution in [3.05, 3.63) is 48.6 Å². The highest BCUT2D eigenvalue weighted by atomic mass is 16.7. The van der Waals surface area contributed by atoms with Crippen LogP contribution in [0.4, 0.5) is 0 Å². The molecule has 2 rings (SSSR count). The lowest BCUT2D eigenvalue weighted by Gasteiger charge is -2.36. The molecular weight excluding hydrogens is 360 g/mol. The summed E-state index contributed by atoms with van der Waals surface area (Å²) >= 11 is 0. The molecule has 3 heteroatoms. The first-order valence-electron chi connectivity index (χ1n) is 11.4. The van der Waals surface area contributed by atoms with Gasteiger partial charge in [0, 0.05) is 18.8 Å². The van der Waals surface area contributed by atoms with E-state index in [1.165, 1.54) is 44.1 Å². The summed E-state index contributed by atoms with van der Waals surface area (Å²) in [6, 6.07) is 8.20. The Morgan fingerprint density at radius 2 is 1.55 bits per heavy atom. The Hall–Kier alpha value is -1.45. The van der Waals surface area contributed by atoms with Crippen LogP contribution >= 0.6 is 0 Å². The molecule has 1 fully saturated rings. The van der Waals surface area contributed by atoms with Gasteiger partial charge >= 0.3 is 0 Å². The molecule has 0 bridgehead atoms. The van der Waals surface area contributed by atoms with E-state index in [0.29, 0.717) is 5.92 Å². The quantitative estimate of drug-likeness (QED) is 0.244. The highest BCUT2D eigenvalue weighted by Gasteiger charge is 2.29. The number of hydrogen-bond acceptors (Lipinski definition) is 3. The molecule has 0 N–H and O–H groups in total. The molecule has 3 unspecified atom stereocenters.